The minimum atomic E-state index is -0.310. The molecule has 6 heteroatoms. The maximum atomic E-state index is 11.3. The first-order valence-electron chi connectivity index (χ1n) is 7.31. The summed E-state index contributed by atoms with van der Waals surface area (Å²) in [5.41, 5.74) is 1.73. The van der Waals surface area contributed by atoms with Crippen molar-refractivity contribution >= 4 is 17.5 Å². The molecule has 1 N–H and O–H groups in total. The second kappa shape index (κ2) is 8.80. The number of rotatable bonds is 7. The highest BCUT2D eigenvalue weighted by Crippen LogP contribution is 2.29. The van der Waals surface area contributed by atoms with Gasteiger partial charge in [0.25, 0.3) is 0 Å². The van der Waals surface area contributed by atoms with Crippen LogP contribution in [0.2, 0.25) is 5.02 Å². The van der Waals surface area contributed by atoms with Crippen LogP contribution in [0.25, 0.3) is 0 Å². The van der Waals surface area contributed by atoms with Crippen LogP contribution >= 0.6 is 11.6 Å². The summed E-state index contributed by atoms with van der Waals surface area (Å²) in [7, 11) is 1.55. The van der Waals surface area contributed by atoms with Crippen LogP contribution < -0.4 is 14.8 Å². The van der Waals surface area contributed by atoms with Crippen molar-refractivity contribution in [1.29, 1.82) is 5.26 Å². The van der Waals surface area contributed by atoms with Gasteiger partial charge in [-0.2, -0.15) is 5.26 Å². The molecule has 2 aromatic carbocycles. The maximum absolute atomic E-state index is 11.3. The van der Waals surface area contributed by atoms with Crippen molar-refractivity contribution in [2.24, 2.45) is 0 Å². The summed E-state index contributed by atoms with van der Waals surface area (Å²) in [6.45, 7) is 0.649. The molecule has 24 heavy (non-hydrogen) atoms. The van der Waals surface area contributed by atoms with Gasteiger partial charge in [0.15, 0.2) is 11.5 Å². The molecule has 0 aliphatic rings. The van der Waals surface area contributed by atoms with Crippen molar-refractivity contribution in [3.05, 3.63) is 58.6 Å². The average molecular weight is 345 g/mol. The van der Waals surface area contributed by atoms with Crippen LogP contribution in [0.3, 0.4) is 0 Å². The Labute approximate surface area is 145 Å². The van der Waals surface area contributed by atoms with E-state index in [4.69, 9.17) is 26.3 Å². The fourth-order valence-electron chi connectivity index (χ4n) is 2.05. The van der Waals surface area contributed by atoms with Gasteiger partial charge in [-0.25, -0.2) is 0 Å². The SMILES string of the molecule is COc1cc(CNC(=O)CC#N)ccc1OCc1ccccc1Cl. The lowest BCUT2D eigenvalue weighted by atomic mass is 10.2. The van der Waals surface area contributed by atoms with Crippen molar-refractivity contribution in [2.45, 2.75) is 19.6 Å². The van der Waals surface area contributed by atoms with Gasteiger partial charge in [-0.1, -0.05) is 35.9 Å². The third-order valence-electron chi connectivity index (χ3n) is 3.30. The Kier molecular flexibility index (Phi) is 6.47. The topological polar surface area (TPSA) is 71.3 Å². The zero-order valence-corrected chi connectivity index (χ0v) is 14.0. The summed E-state index contributed by atoms with van der Waals surface area (Å²) in [5.74, 6) is 0.842. The molecule has 0 aromatic heterocycles. The molecule has 0 saturated heterocycles. The standard InChI is InChI=1S/C18H17ClN2O3/c1-23-17-10-13(11-21-18(22)8-9-20)6-7-16(17)24-12-14-4-2-3-5-15(14)19/h2-7,10H,8,11-12H2,1H3,(H,21,22). The summed E-state index contributed by atoms with van der Waals surface area (Å²) in [6, 6.07) is 14.7. The lowest BCUT2D eigenvalue weighted by Gasteiger charge is -2.13. The van der Waals surface area contributed by atoms with E-state index in [-0.39, 0.29) is 12.3 Å². The van der Waals surface area contributed by atoms with E-state index in [1.54, 1.807) is 25.3 Å². The Bertz CT molecular complexity index is 756. The van der Waals surface area contributed by atoms with E-state index in [9.17, 15) is 4.79 Å². The van der Waals surface area contributed by atoms with Gasteiger partial charge in [0.1, 0.15) is 13.0 Å². The van der Waals surface area contributed by atoms with Crippen LogP contribution in [0.5, 0.6) is 11.5 Å². The van der Waals surface area contributed by atoms with Crippen molar-refractivity contribution in [3.8, 4) is 17.6 Å². The molecule has 0 heterocycles. The van der Waals surface area contributed by atoms with Crippen LogP contribution in [0.1, 0.15) is 17.5 Å². The minimum Gasteiger partial charge on any atom is -0.493 e. The first kappa shape index (κ1) is 17.6. The number of nitriles is 1. The number of hydrogen-bond donors (Lipinski definition) is 1. The number of carbonyl (C=O) groups is 1. The third kappa shape index (κ3) is 4.90. The largest absolute Gasteiger partial charge is 0.493 e. The molecule has 0 fully saturated rings. The zero-order chi connectivity index (χ0) is 17.4. The minimum absolute atomic E-state index is 0.157. The predicted molar refractivity (Wildman–Crippen MR) is 90.9 cm³/mol. The molecule has 0 aliphatic carbocycles. The highest BCUT2D eigenvalue weighted by molar-refractivity contribution is 6.31. The summed E-state index contributed by atoms with van der Waals surface area (Å²) in [5, 5.41) is 11.8. The van der Waals surface area contributed by atoms with Crippen LogP contribution in [0, 0.1) is 11.3 Å². The normalized spacial score (nSPS) is 9.88. The van der Waals surface area contributed by atoms with Crippen LogP contribution in [-0.4, -0.2) is 13.0 Å². The van der Waals surface area contributed by atoms with Gasteiger partial charge in [-0.15, -0.1) is 0 Å². The number of methoxy groups -OCH3 is 1. The molecule has 0 aliphatic heterocycles. The van der Waals surface area contributed by atoms with Crippen molar-refractivity contribution in [2.75, 3.05) is 7.11 Å². The van der Waals surface area contributed by atoms with Gasteiger partial charge in [0, 0.05) is 17.1 Å². The molecular formula is C18H17ClN2O3. The number of nitrogens with zero attached hydrogens (tertiary/aromatic N) is 1. The monoisotopic (exact) mass is 344 g/mol. The summed E-state index contributed by atoms with van der Waals surface area (Å²) < 4.78 is 11.1. The second-order valence-electron chi connectivity index (χ2n) is 4.98. The third-order valence-corrected chi connectivity index (χ3v) is 3.67. The van der Waals surface area contributed by atoms with E-state index in [1.807, 2.05) is 30.3 Å². The highest BCUT2D eigenvalue weighted by Gasteiger charge is 2.08. The van der Waals surface area contributed by atoms with E-state index in [0.29, 0.717) is 29.7 Å². The van der Waals surface area contributed by atoms with Crippen molar-refractivity contribution in [3.63, 3.8) is 0 Å². The number of benzene rings is 2. The molecule has 2 rings (SSSR count). The van der Waals surface area contributed by atoms with Gasteiger partial charge in [0.05, 0.1) is 13.2 Å². The lowest BCUT2D eigenvalue weighted by Crippen LogP contribution is -2.21. The smallest absolute Gasteiger partial charge is 0.234 e. The number of nitrogens with one attached hydrogen (secondary N) is 1. The molecule has 2 aromatic rings. The molecule has 0 radical (unpaired) electrons. The van der Waals surface area contributed by atoms with Gasteiger partial charge in [-0.05, 0) is 23.8 Å². The number of hydrogen-bond acceptors (Lipinski definition) is 4. The fraction of sp³-hybridized carbons (Fsp3) is 0.222. The van der Waals surface area contributed by atoms with E-state index < -0.39 is 0 Å². The Morgan fingerprint density at radius 2 is 2.04 bits per heavy atom. The highest BCUT2D eigenvalue weighted by atomic mass is 35.5. The van der Waals surface area contributed by atoms with Crippen molar-refractivity contribution < 1.29 is 14.3 Å². The van der Waals surface area contributed by atoms with Gasteiger partial charge in [0.2, 0.25) is 5.91 Å². The average Bonchev–Trinajstić information content (AvgIpc) is 2.60. The second-order valence-corrected chi connectivity index (χ2v) is 5.38. The Hall–Kier alpha value is -2.71. The van der Waals surface area contributed by atoms with E-state index >= 15 is 0 Å². The molecular weight excluding hydrogens is 328 g/mol. The summed E-state index contributed by atoms with van der Waals surface area (Å²) in [6.07, 6.45) is -0.157. The Morgan fingerprint density at radius 1 is 1.25 bits per heavy atom. The summed E-state index contributed by atoms with van der Waals surface area (Å²) >= 11 is 6.11. The molecule has 1 amide bonds. The molecule has 0 spiro atoms. The van der Waals surface area contributed by atoms with Crippen LogP contribution in [0.15, 0.2) is 42.5 Å². The molecule has 124 valence electrons. The maximum Gasteiger partial charge on any atom is 0.234 e. The Morgan fingerprint density at radius 3 is 2.75 bits per heavy atom. The molecule has 0 unspecified atom stereocenters. The molecule has 0 saturated carbocycles. The summed E-state index contributed by atoms with van der Waals surface area (Å²) in [4.78, 5) is 11.3. The van der Waals surface area contributed by atoms with Crippen LogP contribution in [0.4, 0.5) is 0 Å². The van der Waals surface area contributed by atoms with E-state index in [0.717, 1.165) is 11.1 Å². The van der Waals surface area contributed by atoms with Crippen LogP contribution in [-0.2, 0) is 17.9 Å². The number of amides is 1. The first-order valence-corrected chi connectivity index (χ1v) is 7.68. The molecule has 0 bridgehead atoms. The zero-order valence-electron chi connectivity index (χ0n) is 13.2. The number of ether oxygens (including phenoxy) is 2. The Balaban J connectivity index is 2.02. The van der Waals surface area contributed by atoms with E-state index in [1.165, 1.54) is 0 Å². The number of carbonyl (C=O) groups excluding carboxylic acids is 1. The predicted octanol–water partition coefficient (Wildman–Crippen LogP) is 3.46. The van der Waals surface area contributed by atoms with Gasteiger partial charge < -0.3 is 14.8 Å². The van der Waals surface area contributed by atoms with Crippen molar-refractivity contribution in [1.82, 2.24) is 5.32 Å². The van der Waals surface area contributed by atoms with Gasteiger partial charge in [-0.3, -0.25) is 4.79 Å². The molecule has 0 atom stereocenters. The molecule has 5 nitrogen and oxygen atoms in total. The quantitative estimate of drug-likeness (QED) is 0.835. The fourth-order valence-corrected chi connectivity index (χ4v) is 2.24. The van der Waals surface area contributed by atoms with Gasteiger partial charge >= 0.3 is 0 Å². The van der Waals surface area contributed by atoms with E-state index in [2.05, 4.69) is 5.32 Å². The first-order chi connectivity index (χ1) is 11.6. The lowest BCUT2D eigenvalue weighted by molar-refractivity contribution is -0.120. The number of halogens is 1.